The van der Waals surface area contributed by atoms with Crippen LogP contribution >= 0.6 is 23.7 Å². The second-order valence-electron chi connectivity index (χ2n) is 9.60. The van der Waals surface area contributed by atoms with E-state index in [9.17, 15) is 18.0 Å². The van der Waals surface area contributed by atoms with Gasteiger partial charge in [0.25, 0.3) is 5.91 Å². The van der Waals surface area contributed by atoms with Crippen LogP contribution in [0, 0.1) is 0 Å². The number of carbonyl (C=O) groups is 2. The van der Waals surface area contributed by atoms with Gasteiger partial charge < -0.3 is 10.1 Å². The maximum atomic E-state index is 13.2. The minimum atomic E-state index is -3.64. The average Bonchev–Trinajstić information content (AvgIpc) is 3.25. The SMILES string of the molecule is CCCCN(CCCC)S(=O)(=O)c1ccc(C(=O)Nc2sc3c(c2C(=O)OC)CCN(C(C)C)C3)cc1.Cl. The topological polar surface area (TPSA) is 96.0 Å². The molecule has 0 radical (unpaired) electrons. The Morgan fingerprint density at radius 2 is 1.71 bits per heavy atom. The van der Waals surface area contributed by atoms with Gasteiger partial charge in [-0.05, 0) is 62.9 Å². The first-order chi connectivity index (χ1) is 17.6. The number of methoxy groups -OCH3 is 1. The van der Waals surface area contributed by atoms with E-state index in [1.165, 1.54) is 47.0 Å². The van der Waals surface area contributed by atoms with Crippen molar-refractivity contribution in [1.29, 1.82) is 0 Å². The molecule has 1 amide bonds. The van der Waals surface area contributed by atoms with Crippen molar-refractivity contribution in [3.8, 4) is 0 Å². The fraction of sp³-hybridized carbons (Fsp3) is 0.556. The van der Waals surface area contributed by atoms with E-state index in [4.69, 9.17) is 4.74 Å². The van der Waals surface area contributed by atoms with Gasteiger partial charge in [-0.3, -0.25) is 9.69 Å². The van der Waals surface area contributed by atoms with Gasteiger partial charge in [-0.15, -0.1) is 23.7 Å². The summed E-state index contributed by atoms with van der Waals surface area (Å²) in [6, 6.07) is 6.38. The lowest BCUT2D eigenvalue weighted by molar-refractivity contribution is 0.0600. The Balaban J connectivity index is 0.00000507. The smallest absolute Gasteiger partial charge is 0.341 e. The monoisotopic (exact) mass is 585 g/mol. The summed E-state index contributed by atoms with van der Waals surface area (Å²) in [5, 5.41) is 3.35. The number of benzene rings is 1. The molecule has 3 rings (SSSR count). The number of nitrogens with one attached hydrogen (secondary N) is 1. The van der Waals surface area contributed by atoms with Gasteiger partial charge in [0.15, 0.2) is 0 Å². The molecule has 8 nitrogen and oxygen atoms in total. The molecule has 0 unspecified atom stereocenters. The molecular formula is C27H40ClN3O5S2. The normalized spacial score (nSPS) is 13.8. The van der Waals surface area contributed by atoms with Crippen molar-refractivity contribution in [1.82, 2.24) is 9.21 Å². The Labute approximate surface area is 237 Å². The van der Waals surface area contributed by atoms with Gasteiger partial charge in [0.1, 0.15) is 5.00 Å². The summed E-state index contributed by atoms with van der Waals surface area (Å²) in [4.78, 5) is 29.3. The molecule has 1 aliphatic heterocycles. The molecule has 1 aromatic heterocycles. The molecule has 0 bridgehead atoms. The zero-order valence-corrected chi connectivity index (χ0v) is 25.4. The molecule has 0 saturated heterocycles. The molecule has 0 atom stereocenters. The molecule has 11 heteroatoms. The summed E-state index contributed by atoms with van der Waals surface area (Å²) < 4.78 is 33.0. The lowest BCUT2D eigenvalue weighted by atomic mass is 10.0. The minimum absolute atomic E-state index is 0. The predicted octanol–water partition coefficient (Wildman–Crippen LogP) is 5.57. The zero-order chi connectivity index (χ0) is 27.2. The van der Waals surface area contributed by atoms with Crippen molar-refractivity contribution in [2.24, 2.45) is 0 Å². The number of fused-ring (bicyclic) bond motifs is 1. The van der Waals surface area contributed by atoms with Gasteiger partial charge >= 0.3 is 5.97 Å². The van der Waals surface area contributed by atoms with E-state index in [2.05, 4.69) is 24.1 Å². The van der Waals surface area contributed by atoms with E-state index in [-0.39, 0.29) is 17.3 Å². The third-order valence-corrected chi connectivity index (χ3v) is 9.75. The molecule has 2 aromatic rings. The second kappa shape index (κ2) is 14.4. The van der Waals surface area contributed by atoms with Gasteiger partial charge in [-0.2, -0.15) is 4.31 Å². The number of amides is 1. The Bertz CT molecular complexity index is 1190. The van der Waals surface area contributed by atoms with E-state index in [1.807, 2.05) is 13.8 Å². The molecule has 38 heavy (non-hydrogen) atoms. The summed E-state index contributed by atoms with van der Waals surface area (Å²) in [6.07, 6.45) is 4.12. The van der Waals surface area contributed by atoms with Gasteiger partial charge in [0.05, 0.1) is 17.6 Å². The highest BCUT2D eigenvalue weighted by atomic mass is 35.5. The molecule has 212 valence electrons. The fourth-order valence-corrected chi connectivity index (χ4v) is 7.17. The first-order valence-corrected chi connectivity index (χ1v) is 15.3. The van der Waals surface area contributed by atoms with E-state index in [0.717, 1.165) is 49.2 Å². The first-order valence-electron chi connectivity index (χ1n) is 13.0. The third-order valence-electron chi connectivity index (χ3n) is 6.71. The lowest BCUT2D eigenvalue weighted by Crippen LogP contribution is -2.35. The van der Waals surface area contributed by atoms with Crippen molar-refractivity contribution in [2.45, 2.75) is 77.3 Å². The Morgan fingerprint density at radius 3 is 2.24 bits per heavy atom. The van der Waals surface area contributed by atoms with Crippen molar-refractivity contribution in [3.05, 3.63) is 45.8 Å². The van der Waals surface area contributed by atoms with Crippen molar-refractivity contribution >= 4 is 50.6 Å². The van der Waals surface area contributed by atoms with Crippen molar-refractivity contribution in [3.63, 3.8) is 0 Å². The molecule has 1 N–H and O–H groups in total. The van der Waals surface area contributed by atoms with Crippen LogP contribution in [0.4, 0.5) is 5.00 Å². The van der Waals surface area contributed by atoms with E-state index in [0.29, 0.717) is 41.7 Å². The number of ether oxygens (including phenoxy) is 1. The largest absolute Gasteiger partial charge is 0.465 e. The maximum absolute atomic E-state index is 13.2. The highest BCUT2D eigenvalue weighted by molar-refractivity contribution is 7.89. The highest BCUT2D eigenvalue weighted by Gasteiger charge is 2.30. The first kappa shape index (κ1) is 32.2. The van der Waals surface area contributed by atoms with Gasteiger partial charge in [-0.25, -0.2) is 13.2 Å². The van der Waals surface area contributed by atoms with E-state index >= 15 is 0 Å². The summed E-state index contributed by atoms with van der Waals surface area (Å²) in [5.74, 6) is -0.867. The van der Waals surface area contributed by atoms with Crippen LogP contribution < -0.4 is 5.32 Å². The molecule has 0 saturated carbocycles. The zero-order valence-electron chi connectivity index (χ0n) is 22.9. The van der Waals surface area contributed by atoms with Crippen LogP contribution in [0.2, 0.25) is 0 Å². The molecule has 0 aliphatic carbocycles. The fourth-order valence-electron chi connectivity index (χ4n) is 4.39. The van der Waals surface area contributed by atoms with Crippen LogP contribution in [0.25, 0.3) is 0 Å². The highest BCUT2D eigenvalue weighted by Crippen LogP contribution is 2.38. The quantitative estimate of drug-likeness (QED) is 0.327. The number of unbranched alkanes of at least 4 members (excludes halogenated alkanes) is 2. The van der Waals surface area contributed by atoms with Gasteiger partial charge in [-0.1, -0.05) is 26.7 Å². The number of rotatable bonds is 12. The Kier molecular flexibility index (Phi) is 12.2. The number of nitrogens with zero attached hydrogens (tertiary/aromatic N) is 2. The number of hydrogen-bond acceptors (Lipinski definition) is 7. The third kappa shape index (κ3) is 7.35. The number of sulfonamides is 1. The van der Waals surface area contributed by atoms with Gasteiger partial charge in [0.2, 0.25) is 10.0 Å². The second-order valence-corrected chi connectivity index (χ2v) is 12.6. The van der Waals surface area contributed by atoms with Crippen LogP contribution in [-0.4, -0.2) is 62.3 Å². The van der Waals surface area contributed by atoms with Crippen LogP contribution in [0.5, 0.6) is 0 Å². The van der Waals surface area contributed by atoms with Gasteiger partial charge in [0, 0.05) is 42.7 Å². The van der Waals surface area contributed by atoms with Crippen LogP contribution in [-0.2, 0) is 27.7 Å². The Hall–Kier alpha value is -1.98. The summed E-state index contributed by atoms with van der Waals surface area (Å²) in [5.41, 5.74) is 1.67. The molecule has 1 aromatic carbocycles. The molecule has 0 fully saturated rings. The summed E-state index contributed by atoms with van der Waals surface area (Å²) >= 11 is 1.40. The molecular weight excluding hydrogens is 546 g/mol. The average molecular weight is 586 g/mol. The van der Waals surface area contributed by atoms with Crippen molar-refractivity contribution < 1.29 is 22.7 Å². The van der Waals surface area contributed by atoms with Crippen LogP contribution in [0.15, 0.2) is 29.2 Å². The molecule has 2 heterocycles. The number of esters is 1. The van der Waals surface area contributed by atoms with Crippen LogP contribution in [0.3, 0.4) is 0 Å². The number of carbonyl (C=O) groups excluding carboxylic acids is 2. The minimum Gasteiger partial charge on any atom is -0.465 e. The summed E-state index contributed by atoms with van der Waals surface area (Å²) in [6.45, 7) is 10.9. The predicted molar refractivity (Wildman–Crippen MR) is 155 cm³/mol. The number of hydrogen-bond donors (Lipinski definition) is 1. The number of anilines is 1. The Morgan fingerprint density at radius 1 is 1.11 bits per heavy atom. The molecule has 0 spiro atoms. The molecule has 1 aliphatic rings. The standard InChI is InChI=1S/C27H39N3O5S2.ClH/c1-6-8-15-30(16-9-7-2)37(33,34)21-12-10-20(11-13-21)25(31)28-26-24(27(32)35-5)22-14-17-29(19(3)4)18-23(22)36-26;/h10-13,19H,6-9,14-18H2,1-5H3,(H,28,31);1H. The van der Waals surface area contributed by atoms with Crippen molar-refractivity contribution in [2.75, 3.05) is 32.1 Å². The van der Waals surface area contributed by atoms with E-state index < -0.39 is 21.9 Å². The van der Waals surface area contributed by atoms with Crippen LogP contribution in [0.1, 0.15) is 84.5 Å². The summed E-state index contributed by atoms with van der Waals surface area (Å²) in [7, 11) is -2.31. The van der Waals surface area contributed by atoms with E-state index in [1.54, 1.807) is 0 Å². The number of halogens is 1. The number of thiophene rings is 1. The maximum Gasteiger partial charge on any atom is 0.341 e. The lowest BCUT2D eigenvalue weighted by Gasteiger charge is -2.30.